The van der Waals surface area contributed by atoms with E-state index in [0.29, 0.717) is 0 Å². The third kappa shape index (κ3) is 15.7. The van der Waals surface area contributed by atoms with Crippen LogP contribution in [0.1, 0.15) is 32.6 Å². The Morgan fingerprint density at radius 1 is 0.797 bits per heavy atom. The highest BCUT2D eigenvalue weighted by atomic mass is 31.3. The quantitative estimate of drug-likeness (QED) is 0.0618. The predicted molar refractivity (Wildman–Crippen MR) is 195 cm³/mol. The normalized spacial score (nSPS) is 30.0. The number of halogens is 1. The molecular weight excluding hydrogens is 887 g/mol. The van der Waals surface area contributed by atoms with Crippen molar-refractivity contribution in [3.8, 4) is 0 Å². The highest BCUT2D eigenvalue weighted by Gasteiger charge is 2.51. The van der Waals surface area contributed by atoms with Gasteiger partial charge in [0.05, 0.1) is 19.8 Å². The summed E-state index contributed by atoms with van der Waals surface area (Å²) >= 11 is 0. The molecule has 3 heterocycles. The zero-order valence-corrected chi connectivity index (χ0v) is 34.9. The summed E-state index contributed by atoms with van der Waals surface area (Å²) in [6.07, 6.45) is -17.8. The summed E-state index contributed by atoms with van der Waals surface area (Å²) in [4.78, 5) is 63.0. The van der Waals surface area contributed by atoms with Crippen LogP contribution in [0.15, 0.2) is 47.4 Å². The largest absolute Gasteiger partial charge is 0.490 e. The van der Waals surface area contributed by atoms with E-state index in [1.165, 1.54) is 25.7 Å². The summed E-state index contributed by atoms with van der Waals surface area (Å²) in [5.74, 6) is -0.0461. The fraction of sp³-hybridized carbons (Fsp3) is 0.643. The third-order valence-corrected chi connectivity index (χ3v) is 14.0. The molecule has 0 bridgehead atoms. The number of anilines is 1. The zero-order valence-electron chi connectivity index (χ0n) is 31.3. The molecule has 2 aliphatic rings. The number of nitrogens with zero attached hydrogens (tertiary/aromatic N) is 3. The van der Waals surface area contributed by atoms with Crippen LogP contribution in [-0.2, 0) is 61.2 Å². The number of benzene rings is 1. The molecule has 2 saturated heterocycles. The Morgan fingerprint density at radius 2 is 1.37 bits per heavy atom. The predicted octanol–water partition coefficient (Wildman–Crippen LogP) is 0.0160. The Kier molecular flexibility index (Phi) is 19.5. The first-order valence-corrected chi connectivity index (χ1v) is 23.2. The molecule has 0 radical (unpaired) electrons. The van der Waals surface area contributed by atoms with E-state index < -0.39 is 106 Å². The Balaban J connectivity index is 0.00000122. The lowest BCUT2D eigenvalue weighted by molar-refractivity contribution is -0.268. The van der Waals surface area contributed by atoms with Gasteiger partial charge in [-0.05, 0) is 31.3 Å². The summed E-state index contributed by atoms with van der Waals surface area (Å²) in [5.41, 5.74) is 2.23. The van der Waals surface area contributed by atoms with Crippen LogP contribution in [0.4, 0.5) is 10.2 Å². The molecule has 4 unspecified atom stereocenters. The second-order valence-electron chi connectivity index (χ2n) is 12.2. The van der Waals surface area contributed by atoms with Gasteiger partial charge < -0.3 is 59.5 Å². The van der Waals surface area contributed by atoms with E-state index in [-0.39, 0.29) is 12.4 Å². The average molecular weight is 935 g/mol. The Labute approximate surface area is 335 Å². The molecule has 26 nitrogen and oxygen atoms in total. The van der Waals surface area contributed by atoms with E-state index in [0.717, 1.165) is 16.3 Å². The van der Waals surface area contributed by atoms with Gasteiger partial charge in [0.15, 0.2) is 24.5 Å². The number of alkyl halides is 1. The summed E-state index contributed by atoms with van der Waals surface area (Å²) in [6, 6.07) is 10.2. The molecule has 1 aromatic heterocycles. The maximum absolute atomic E-state index is 14.0. The number of phosphoric acid groups is 4. The number of rotatable bonds is 20. The summed E-state index contributed by atoms with van der Waals surface area (Å²) in [5, 5.41) is 49.2. The maximum Gasteiger partial charge on any atom is 0.490 e. The van der Waals surface area contributed by atoms with E-state index in [4.69, 9.17) is 14.7 Å². The van der Waals surface area contributed by atoms with Crippen molar-refractivity contribution in [2.75, 3.05) is 38.3 Å². The number of hydrogen-bond donors (Lipinski definition) is 10. The van der Waals surface area contributed by atoms with Crippen molar-refractivity contribution in [2.45, 2.75) is 82.7 Å². The van der Waals surface area contributed by atoms with Gasteiger partial charge in [0, 0.05) is 6.20 Å². The zero-order chi connectivity index (χ0) is 44.3. The second kappa shape index (κ2) is 22.4. The number of ether oxygens (including phenoxy) is 2. The number of hydrogen-bond acceptors (Lipinski definition) is 21. The van der Waals surface area contributed by atoms with Crippen LogP contribution in [0.25, 0.3) is 0 Å². The molecule has 0 amide bonds. The molecule has 2 aromatic rings. The molecule has 0 saturated carbocycles. The molecular formula is C28H47FN4O22P4. The van der Waals surface area contributed by atoms with Crippen LogP contribution in [0.5, 0.6) is 0 Å². The molecule has 31 heteroatoms. The molecule has 0 spiro atoms. The van der Waals surface area contributed by atoms with Crippen LogP contribution in [0, 0.1) is 0 Å². The lowest BCUT2D eigenvalue weighted by Gasteiger charge is -2.38. The lowest BCUT2D eigenvalue weighted by atomic mass is 10.0. The maximum atomic E-state index is 14.0. The van der Waals surface area contributed by atoms with E-state index in [1.807, 2.05) is 0 Å². The number of aromatic nitrogens is 2. The van der Waals surface area contributed by atoms with Crippen molar-refractivity contribution in [1.82, 2.24) is 14.5 Å². The summed E-state index contributed by atoms with van der Waals surface area (Å²) in [6.45, 7) is 7.93. The van der Waals surface area contributed by atoms with Crippen LogP contribution in [0.3, 0.4) is 0 Å². The van der Waals surface area contributed by atoms with Gasteiger partial charge in [0.1, 0.15) is 36.6 Å². The van der Waals surface area contributed by atoms with Crippen molar-refractivity contribution in [3.63, 3.8) is 0 Å². The van der Waals surface area contributed by atoms with E-state index in [2.05, 4.69) is 62.9 Å². The minimum absolute atomic E-state index is 0.0461. The van der Waals surface area contributed by atoms with Gasteiger partial charge in [0.2, 0.25) is 0 Å². The van der Waals surface area contributed by atoms with Crippen molar-refractivity contribution in [3.05, 3.63) is 58.6 Å². The number of nitrogens with one attached hydrogen (secondary N) is 1. The van der Waals surface area contributed by atoms with Crippen molar-refractivity contribution >= 4 is 37.1 Å². The first-order valence-electron chi connectivity index (χ1n) is 17.3. The van der Waals surface area contributed by atoms with Crippen LogP contribution < -0.4 is 11.2 Å². The first-order chi connectivity index (χ1) is 27.5. The van der Waals surface area contributed by atoms with Gasteiger partial charge in [0.25, 0.3) is 0 Å². The van der Waals surface area contributed by atoms with Gasteiger partial charge in [-0.25, -0.2) is 32.9 Å². The van der Waals surface area contributed by atoms with Gasteiger partial charge in [-0.3, -0.25) is 18.5 Å². The number of phosphoric ester groups is 2. The number of aliphatic hydroxyl groups is 5. The lowest BCUT2D eigenvalue weighted by Crippen LogP contribution is -2.57. The molecule has 0 aliphatic carbocycles. The Bertz CT molecular complexity index is 1880. The SMILES string of the molecule is CCN(CC)CC.O=c1nc(NOCc2ccccc2)ccn1[C@@H]1O[C@H](COP(=O)(O)OP(=O)(O)OP(=O)(O)OP(=O)(O)O[C@H]2O[C@H](CO)[C@@H](O)[C@H](F)[C@H]2O)[C@@H](O)[C@H]1O. The van der Waals surface area contributed by atoms with Crippen molar-refractivity contribution in [2.24, 2.45) is 0 Å². The van der Waals surface area contributed by atoms with E-state index in [9.17, 15) is 67.4 Å². The molecule has 338 valence electrons. The topological polar surface area (TPSA) is 374 Å². The van der Waals surface area contributed by atoms with E-state index in [1.54, 1.807) is 30.3 Å². The van der Waals surface area contributed by atoms with Crippen LogP contribution in [-0.4, -0.2) is 141 Å². The van der Waals surface area contributed by atoms with Gasteiger partial charge in [-0.15, -0.1) is 0 Å². The summed E-state index contributed by atoms with van der Waals surface area (Å²) in [7, 11) is -24.5. The van der Waals surface area contributed by atoms with Crippen molar-refractivity contribution in [1.29, 1.82) is 0 Å². The molecule has 10 N–H and O–H groups in total. The molecule has 1 aromatic carbocycles. The Hall–Kier alpha value is -1.97. The van der Waals surface area contributed by atoms with E-state index >= 15 is 0 Å². The monoisotopic (exact) mass is 934 g/mol. The molecule has 2 aliphatic heterocycles. The minimum atomic E-state index is -6.33. The van der Waals surface area contributed by atoms with Crippen LogP contribution in [0.2, 0.25) is 0 Å². The average Bonchev–Trinajstić information content (AvgIpc) is 3.43. The fourth-order valence-corrected chi connectivity index (χ4v) is 10.1. The standard InChI is InChI=1S/C22H32FN3O22P4.C6H15N/c23-15-16(28)12(8-27)44-21(18(15)30)45-50(35,36)47-52(39,40)48-51(37,38)46-49(33,34)42-10-13-17(29)19(31)20(43-13)26-7-6-14(24-22(26)32)25-41-9-11-4-2-1-3-5-11;1-4-7(5-2)6-3/h1-7,12-13,15-21,27-31H,8-10H2,(H,33,34)(H,35,36)(H,37,38)(H,39,40)(H,24,25,32);4-6H2,1-3H3/t12-,13-,15+,16-,17-,18-,19-,20-,21-;/m1./s1. The molecule has 4 rings (SSSR count). The molecule has 59 heavy (non-hydrogen) atoms. The Morgan fingerprint density at radius 3 is 1.92 bits per heavy atom. The first kappa shape index (κ1) is 51.4. The number of aliphatic hydroxyl groups excluding tert-OH is 5. The second-order valence-corrected chi connectivity index (χ2v) is 18.4. The van der Waals surface area contributed by atoms with Gasteiger partial charge in [-0.2, -0.15) is 17.9 Å². The van der Waals surface area contributed by atoms with Gasteiger partial charge >= 0.3 is 37.0 Å². The minimum Gasteiger partial charge on any atom is -0.394 e. The molecule has 2 fully saturated rings. The summed E-state index contributed by atoms with van der Waals surface area (Å²) < 4.78 is 93.5. The third-order valence-electron chi connectivity index (χ3n) is 8.10. The highest BCUT2D eigenvalue weighted by molar-refractivity contribution is 7.69. The van der Waals surface area contributed by atoms with Crippen molar-refractivity contribution < 1.29 is 104 Å². The fourth-order valence-electron chi connectivity index (χ4n) is 5.09. The highest BCUT2D eigenvalue weighted by Crippen LogP contribution is 2.71. The smallest absolute Gasteiger partial charge is 0.394 e. The molecule has 13 atom stereocenters. The van der Waals surface area contributed by atoms with Gasteiger partial charge in [-0.1, -0.05) is 51.1 Å². The van der Waals surface area contributed by atoms with Crippen LogP contribution >= 0.6 is 31.3 Å².